The lowest BCUT2D eigenvalue weighted by Crippen LogP contribution is -2.17. The maximum Gasteiger partial charge on any atom is 0.341 e. The number of aryl methyl sites for hydroxylation is 1. The van der Waals surface area contributed by atoms with E-state index in [0.29, 0.717) is 38.6 Å². The summed E-state index contributed by atoms with van der Waals surface area (Å²) in [6, 6.07) is 1.59. The van der Waals surface area contributed by atoms with Crippen LogP contribution in [-0.2, 0) is 16.0 Å². The van der Waals surface area contributed by atoms with Crippen LogP contribution in [0.25, 0.3) is 0 Å². The van der Waals surface area contributed by atoms with Gasteiger partial charge in [-0.1, -0.05) is 0 Å². The van der Waals surface area contributed by atoms with Gasteiger partial charge >= 0.3 is 5.97 Å². The molecule has 0 spiro atoms. The highest BCUT2D eigenvalue weighted by atomic mass is 32.1. The molecule has 1 saturated carbocycles. The van der Waals surface area contributed by atoms with Crippen molar-refractivity contribution in [3.63, 3.8) is 0 Å². The SMILES string of the molecule is CCOC(=O)c1c(C2CC2)csc1NC(=O)Cc1csc(NC(=O)c2ccoc2C)n1. The summed E-state index contributed by atoms with van der Waals surface area (Å²) in [5.74, 6) is -0.128. The van der Waals surface area contributed by atoms with Crippen LogP contribution in [0.2, 0.25) is 0 Å². The zero-order chi connectivity index (χ0) is 22.0. The molecule has 3 aromatic heterocycles. The van der Waals surface area contributed by atoms with Gasteiger partial charge in [-0.2, -0.15) is 0 Å². The minimum Gasteiger partial charge on any atom is -0.469 e. The number of aromatic nitrogens is 1. The first-order valence-corrected chi connectivity index (χ1v) is 11.6. The van der Waals surface area contributed by atoms with Crippen molar-refractivity contribution in [3.05, 3.63) is 51.2 Å². The van der Waals surface area contributed by atoms with Gasteiger partial charge in [-0.05, 0) is 49.6 Å². The van der Waals surface area contributed by atoms with E-state index in [-0.39, 0.29) is 24.8 Å². The van der Waals surface area contributed by atoms with Gasteiger partial charge in [-0.15, -0.1) is 22.7 Å². The third kappa shape index (κ3) is 4.86. The normalized spacial score (nSPS) is 13.1. The molecule has 0 aromatic carbocycles. The lowest BCUT2D eigenvalue weighted by atomic mass is 10.1. The first kappa shape index (κ1) is 21.3. The lowest BCUT2D eigenvalue weighted by Gasteiger charge is -2.07. The molecule has 0 radical (unpaired) electrons. The number of anilines is 2. The summed E-state index contributed by atoms with van der Waals surface area (Å²) in [7, 11) is 0. The van der Waals surface area contributed by atoms with E-state index in [1.807, 2.05) is 5.38 Å². The van der Waals surface area contributed by atoms with Crippen molar-refractivity contribution in [1.82, 2.24) is 4.98 Å². The van der Waals surface area contributed by atoms with Gasteiger partial charge in [0.25, 0.3) is 5.91 Å². The fourth-order valence-electron chi connectivity index (χ4n) is 3.14. The number of rotatable bonds is 8. The second-order valence-electron chi connectivity index (χ2n) is 7.10. The molecular weight excluding hydrogens is 438 g/mol. The summed E-state index contributed by atoms with van der Waals surface area (Å²) in [6.45, 7) is 3.74. The van der Waals surface area contributed by atoms with Crippen molar-refractivity contribution >= 4 is 50.6 Å². The molecule has 0 saturated heterocycles. The molecule has 2 amide bonds. The van der Waals surface area contributed by atoms with Gasteiger partial charge < -0.3 is 14.5 Å². The number of carbonyl (C=O) groups is 3. The largest absolute Gasteiger partial charge is 0.469 e. The topological polar surface area (TPSA) is 111 Å². The zero-order valence-electron chi connectivity index (χ0n) is 17.0. The van der Waals surface area contributed by atoms with Crippen molar-refractivity contribution in [2.75, 3.05) is 17.2 Å². The smallest absolute Gasteiger partial charge is 0.341 e. The van der Waals surface area contributed by atoms with Crippen LogP contribution in [0.3, 0.4) is 0 Å². The Hall–Kier alpha value is -2.98. The van der Waals surface area contributed by atoms with Crippen LogP contribution in [0.5, 0.6) is 0 Å². The maximum atomic E-state index is 12.6. The number of esters is 1. The van der Waals surface area contributed by atoms with Crippen molar-refractivity contribution in [2.24, 2.45) is 0 Å². The molecule has 31 heavy (non-hydrogen) atoms. The van der Waals surface area contributed by atoms with Crippen LogP contribution >= 0.6 is 22.7 Å². The fourth-order valence-corrected chi connectivity index (χ4v) is 4.89. The van der Waals surface area contributed by atoms with Crippen molar-refractivity contribution in [2.45, 2.75) is 39.0 Å². The van der Waals surface area contributed by atoms with Crippen LogP contribution in [0.1, 0.15) is 63.4 Å². The summed E-state index contributed by atoms with van der Waals surface area (Å²) >= 11 is 2.57. The summed E-state index contributed by atoms with van der Waals surface area (Å²) in [6.07, 6.45) is 3.56. The van der Waals surface area contributed by atoms with Crippen LogP contribution in [0.15, 0.2) is 27.5 Å². The van der Waals surface area contributed by atoms with E-state index >= 15 is 0 Å². The van der Waals surface area contributed by atoms with E-state index in [1.165, 1.54) is 28.9 Å². The highest BCUT2D eigenvalue weighted by Gasteiger charge is 2.32. The van der Waals surface area contributed by atoms with E-state index in [9.17, 15) is 14.4 Å². The highest BCUT2D eigenvalue weighted by molar-refractivity contribution is 7.15. The van der Waals surface area contributed by atoms with Crippen LogP contribution < -0.4 is 10.6 Å². The number of thiophene rings is 1. The van der Waals surface area contributed by atoms with E-state index in [4.69, 9.17) is 9.15 Å². The van der Waals surface area contributed by atoms with Crippen molar-refractivity contribution < 1.29 is 23.5 Å². The van der Waals surface area contributed by atoms with Crippen LogP contribution in [0.4, 0.5) is 10.1 Å². The number of ether oxygens (including phenoxy) is 1. The molecule has 0 aliphatic heterocycles. The summed E-state index contributed by atoms with van der Waals surface area (Å²) in [5, 5.41) is 10.1. The first-order valence-electron chi connectivity index (χ1n) is 9.84. The average molecular weight is 460 g/mol. The molecule has 4 rings (SSSR count). The van der Waals surface area contributed by atoms with Crippen molar-refractivity contribution in [3.8, 4) is 0 Å². The molecule has 2 N–H and O–H groups in total. The molecule has 1 fully saturated rings. The molecule has 10 heteroatoms. The number of amides is 2. The average Bonchev–Trinajstić information content (AvgIpc) is 3.11. The minimum atomic E-state index is -0.408. The fraction of sp³-hybridized carbons (Fsp3) is 0.333. The molecule has 3 heterocycles. The number of furan rings is 1. The Morgan fingerprint density at radius 2 is 2.03 bits per heavy atom. The number of carbonyl (C=O) groups excluding carboxylic acids is 3. The number of thiazole rings is 1. The molecule has 8 nitrogen and oxygen atoms in total. The monoisotopic (exact) mass is 459 g/mol. The molecule has 1 aliphatic rings. The standard InChI is InChI=1S/C21H21N3O5S2/c1-3-28-20(27)17-15(12-4-5-12)10-30-19(17)23-16(25)8-13-9-31-21(22-13)24-18(26)14-6-7-29-11(14)2/h6-7,9-10,12H,3-5,8H2,1-2H3,(H,23,25)(H,22,24,26). The summed E-state index contributed by atoms with van der Waals surface area (Å²) < 4.78 is 10.3. The number of nitrogens with zero attached hydrogens (tertiary/aromatic N) is 1. The maximum absolute atomic E-state index is 12.6. The number of nitrogens with one attached hydrogen (secondary N) is 2. The zero-order valence-corrected chi connectivity index (χ0v) is 18.7. The van der Waals surface area contributed by atoms with E-state index in [2.05, 4.69) is 15.6 Å². The van der Waals surface area contributed by atoms with Gasteiger partial charge in [0, 0.05) is 5.38 Å². The highest BCUT2D eigenvalue weighted by Crippen LogP contribution is 2.46. The summed E-state index contributed by atoms with van der Waals surface area (Å²) in [5.41, 5.74) is 2.37. The Morgan fingerprint density at radius 1 is 1.23 bits per heavy atom. The molecule has 162 valence electrons. The minimum absolute atomic E-state index is 0.0238. The van der Waals surface area contributed by atoms with Crippen LogP contribution in [-0.4, -0.2) is 29.4 Å². The number of hydrogen-bond acceptors (Lipinski definition) is 8. The molecular formula is C21H21N3O5S2. The Bertz CT molecular complexity index is 1130. The van der Waals surface area contributed by atoms with Gasteiger partial charge in [0.1, 0.15) is 10.8 Å². The lowest BCUT2D eigenvalue weighted by molar-refractivity contribution is -0.115. The number of hydrogen-bond donors (Lipinski definition) is 2. The van der Waals surface area contributed by atoms with Gasteiger partial charge in [0.2, 0.25) is 5.91 Å². The van der Waals surface area contributed by atoms with Crippen LogP contribution in [0, 0.1) is 6.92 Å². The van der Waals surface area contributed by atoms with Gasteiger partial charge in [0.15, 0.2) is 5.13 Å². The second kappa shape index (κ2) is 9.03. The predicted molar refractivity (Wildman–Crippen MR) is 118 cm³/mol. The molecule has 0 atom stereocenters. The first-order chi connectivity index (χ1) is 15.0. The molecule has 1 aliphatic carbocycles. The Balaban J connectivity index is 1.40. The third-order valence-corrected chi connectivity index (χ3v) is 6.51. The van der Waals surface area contributed by atoms with Gasteiger partial charge in [-0.25, -0.2) is 9.78 Å². The van der Waals surface area contributed by atoms with Gasteiger partial charge in [0.05, 0.1) is 36.1 Å². The molecule has 0 unspecified atom stereocenters. The van der Waals surface area contributed by atoms with Gasteiger partial charge in [-0.3, -0.25) is 14.9 Å². The predicted octanol–water partition coefficient (Wildman–Crippen LogP) is 4.59. The molecule has 0 bridgehead atoms. The third-order valence-electron chi connectivity index (χ3n) is 4.79. The second-order valence-corrected chi connectivity index (χ2v) is 8.84. The quantitative estimate of drug-likeness (QED) is 0.477. The Kier molecular flexibility index (Phi) is 6.19. The Labute approximate surface area is 186 Å². The Morgan fingerprint density at radius 3 is 2.71 bits per heavy atom. The van der Waals surface area contributed by atoms with E-state index < -0.39 is 5.97 Å². The van der Waals surface area contributed by atoms with E-state index in [1.54, 1.807) is 25.3 Å². The van der Waals surface area contributed by atoms with Crippen molar-refractivity contribution in [1.29, 1.82) is 0 Å². The molecule has 3 aromatic rings. The van der Waals surface area contributed by atoms with E-state index in [0.717, 1.165) is 18.4 Å². The summed E-state index contributed by atoms with van der Waals surface area (Å²) in [4.78, 5) is 41.6.